The third-order valence-electron chi connectivity index (χ3n) is 4.83. The summed E-state index contributed by atoms with van der Waals surface area (Å²) in [6.45, 7) is 2.36. The van der Waals surface area contributed by atoms with E-state index in [1.54, 1.807) is 17.0 Å². The van der Waals surface area contributed by atoms with Crippen molar-refractivity contribution < 1.29 is 14.7 Å². The second-order valence-electron chi connectivity index (χ2n) is 6.69. The van der Waals surface area contributed by atoms with Crippen LogP contribution in [0.25, 0.3) is 0 Å². The molecule has 1 N–H and O–H groups in total. The molecule has 0 fully saturated rings. The van der Waals surface area contributed by atoms with Gasteiger partial charge in [0.15, 0.2) is 5.78 Å². The molecule has 2 aromatic carbocycles. The Labute approximate surface area is 158 Å². The van der Waals surface area contributed by atoms with E-state index in [-0.39, 0.29) is 18.1 Å². The highest BCUT2D eigenvalue weighted by Crippen LogP contribution is 2.26. The first-order chi connectivity index (χ1) is 12.5. The number of thiocarbonyl (C=S) groups is 1. The SMILES string of the molecule is CC(CC(=O)c1ccccc1)C(=S)N1Cc2ccccc2CC1C(=O)O. The van der Waals surface area contributed by atoms with Gasteiger partial charge in [-0.1, -0.05) is 73.7 Å². The van der Waals surface area contributed by atoms with Crippen LogP contribution in [0.1, 0.15) is 34.8 Å². The normalized spacial score (nSPS) is 17.3. The lowest BCUT2D eigenvalue weighted by molar-refractivity contribution is -0.142. The number of fused-ring (bicyclic) bond motifs is 1. The molecule has 0 saturated heterocycles. The van der Waals surface area contributed by atoms with Crippen LogP contribution < -0.4 is 0 Å². The van der Waals surface area contributed by atoms with Crippen LogP contribution in [0.5, 0.6) is 0 Å². The van der Waals surface area contributed by atoms with Crippen LogP contribution in [0.15, 0.2) is 54.6 Å². The van der Waals surface area contributed by atoms with Gasteiger partial charge in [-0.25, -0.2) is 4.79 Å². The molecule has 1 aliphatic heterocycles. The molecule has 2 atom stereocenters. The molecule has 2 aromatic rings. The second-order valence-corrected chi connectivity index (χ2v) is 7.11. The quantitative estimate of drug-likeness (QED) is 0.644. The molecule has 1 aliphatic rings. The average molecular weight is 367 g/mol. The van der Waals surface area contributed by atoms with Crippen LogP contribution in [0, 0.1) is 5.92 Å². The second kappa shape index (κ2) is 7.79. The zero-order chi connectivity index (χ0) is 18.7. The number of rotatable bonds is 5. The molecular formula is C21H21NO3S. The summed E-state index contributed by atoms with van der Waals surface area (Å²) in [5.74, 6) is -1.07. The van der Waals surface area contributed by atoms with E-state index in [9.17, 15) is 14.7 Å². The summed E-state index contributed by atoms with van der Waals surface area (Å²) in [6, 6.07) is 16.3. The number of ketones is 1. The fourth-order valence-corrected chi connectivity index (χ4v) is 3.64. The average Bonchev–Trinajstić information content (AvgIpc) is 2.66. The molecule has 1 heterocycles. The number of benzene rings is 2. The minimum Gasteiger partial charge on any atom is -0.480 e. The number of Topliss-reactive ketones (excluding diaryl/α,β-unsaturated/α-hetero) is 1. The summed E-state index contributed by atoms with van der Waals surface area (Å²) in [5.41, 5.74) is 2.79. The van der Waals surface area contributed by atoms with Gasteiger partial charge in [-0.05, 0) is 11.1 Å². The van der Waals surface area contributed by atoms with Crippen molar-refractivity contribution in [2.45, 2.75) is 32.4 Å². The standard InChI is InChI=1S/C21H21NO3S/c1-14(11-19(23)15-7-3-2-4-8-15)20(26)22-13-17-10-6-5-9-16(17)12-18(22)21(24)25/h2-10,14,18H,11-13H2,1H3,(H,24,25). The van der Waals surface area contributed by atoms with Crippen molar-refractivity contribution in [2.75, 3.05) is 0 Å². The Morgan fingerprint density at radius 3 is 2.38 bits per heavy atom. The maximum atomic E-state index is 12.5. The van der Waals surface area contributed by atoms with Gasteiger partial charge in [-0.3, -0.25) is 4.79 Å². The maximum Gasteiger partial charge on any atom is 0.326 e. The molecule has 3 rings (SSSR count). The van der Waals surface area contributed by atoms with E-state index < -0.39 is 12.0 Å². The van der Waals surface area contributed by atoms with Crippen LogP contribution in [0.2, 0.25) is 0 Å². The van der Waals surface area contributed by atoms with E-state index in [4.69, 9.17) is 12.2 Å². The fraction of sp³-hybridized carbons (Fsp3) is 0.286. The molecule has 5 heteroatoms. The molecule has 0 spiro atoms. The van der Waals surface area contributed by atoms with Gasteiger partial charge in [0.1, 0.15) is 6.04 Å². The number of nitrogens with zero attached hydrogens (tertiary/aromatic N) is 1. The smallest absolute Gasteiger partial charge is 0.326 e. The van der Waals surface area contributed by atoms with E-state index >= 15 is 0 Å². The number of hydrogen-bond acceptors (Lipinski definition) is 3. The summed E-state index contributed by atoms with van der Waals surface area (Å²) in [5, 5.41) is 9.66. The van der Waals surface area contributed by atoms with E-state index in [0.717, 1.165) is 11.1 Å². The van der Waals surface area contributed by atoms with Gasteiger partial charge >= 0.3 is 5.97 Å². The minimum atomic E-state index is -0.886. The molecular weight excluding hydrogens is 346 g/mol. The summed E-state index contributed by atoms with van der Waals surface area (Å²) in [6.07, 6.45) is 0.693. The van der Waals surface area contributed by atoms with Gasteiger partial charge in [0.05, 0.1) is 4.99 Å². The lowest BCUT2D eigenvalue weighted by Crippen LogP contribution is -2.49. The first-order valence-corrected chi connectivity index (χ1v) is 9.06. The van der Waals surface area contributed by atoms with Gasteiger partial charge in [-0.15, -0.1) is 0 Å². The van der Waals surface area contributed by atoms with Crippen molar-refractivity contribution in [2.24, 2.45) is 5.92 Å². The predicted octanol–water partition coefficient (Wildman–Crippen LogP) is 3.73. The third kappa shape index (κ3) is 3.83. The summed E-state index contributed by atoms with van der Waals surface area (Å²) >= 11 is 5.60. The van der Waals surface area contributed by atoms with Gasteiger partial charge in [0.2, 0.25) is 0 Å². The van der Waals surface area contributed by atoms with Crippen molar-refractivity contribution >= 4 is 29.0 Å². The number of carbonyl (C=O) groups excluding carboxylic acids is 1. The van der Waals surface area contributed by atoms with Gasteiger partial charge in [0, 0.05) is 30.9 Å². The van der Waals surface area contributed by atoms with Gasteiger partial charge in [-0.2, -0.15) is 0 Å². The Balaban J connectivity index is 1.76. The molecule has 0 aromatic heterocycles. The monoisotopic (exact) mass is 367 g/mol. The molecule has 0 amide bonds. The van der Waals surface area contributed by atoms with Crippen molar-refractivity contribution in [1.29, 1.82) is 0 Å². The highest BCUT2D eigenvalue weighted by Gasteiger charge is 2.34. The maximum absolute atomic E-state index is 12.5. The number of hydrogen-bond donors (Lipinski definition) is 1. The Morgan fingerprint density at radius 2 is 1.73 bits per heavy atom. The molecule has 4 nitrogen and oxygen atoms in total. The molecule has 2 unspecified atom stereocenters. The number of carbonyl (C=O) groups is 2. The molecule has 0 radical (unpaired) electrons. The Bertz CT molecular complexity index is 834. The zero-order valence-electron chi connectivity index (χ0n) is 14.6. The first kappa shape index (κ1) is 18.3. The van der Waals surface area contributed by atoms with E-state index in [1.165, 1.54) is 0 Å². The van der Waals surface area contributed by atoms with Crippen molar-refractivity contribution in [3.8, 4) is 0 Å². The fourth-order valence-electron chi connectivity index (χ4n) is 3.37. The van der Waals surface area contributed by atoms with Crippen LogP contribution in [-0.2, 0) is 17.8 Å². The van der Waals surface area contributed by atoms with Crippen LogP contribution in [-0.4, -0.2) is 32.8 Å². The highest BCUT2D eigenvalue weighted by molar-refractivity contribution is 7.80. The van der Waals surface area contributed by atoms with Crippen LogP contribution in [0.3, 0.4) is 0 Å². The zero-order valence-corrected chi connectivity index (χ0v) is 15.4. The van der Waals surface area contributed by atoms with Crippen molar-refractivity contribution in [3.05, 3.63) is 71.3 Å². The topological polar surface area (TPSA) is 57.6 Å². The van der Waals surface area contributed by atoms with Crippen LogP contribution in [0.4, 0.5) is 0 Å². The van der Waals surface area contributed by atoms with Crippen LogP contribution >= 0.6 is 12.2 Å². The van der Waals surface area contributed by atoms with Crippen molar-refractivity contribution in [3.63, 3.8) is 0 Å². The lowest BCUT2D eigenvalue weighted by Gasteiger charge is -2.38. The summed E-state index contributed by atoms with van der Waals surface area (Å²) < 4.78 is 0. The molecule has 0 bridgehead atoms. The largest absolute Gasteiger partial charge is 0.480 e. The Morgan fingerprint density at radius 1 is 1.12 bits per heavy atom. The van der Waals surface area contributed by atoms with E-state index in [1.807, 2.05) is 49.4 Å². The molecule has 134 valence electrons. The minimum absolute atomic E-state index is 0.0183. The Hall–Kier alpha value is -2.53. The van der Waals surface area contributed by atoms with Crippen molar-refractivity contribution in [1.82, 2.24) is 4.90 Å². The molecule has 0 saturated carbocycles. The first-order valence-electron chi connectivity index (χ1n) is 8.65. The summed E-state index contributed by atoms with van der Waals surface area (Å²) in [7, 11) is 0. The third-order valence-corrected chi connectivity index (χ3v) is 5.46. The predicted molar refractivity (Wildman–Crippen MR) is 104 cm³/mol. The molecule has 0 aliphatic carbocycles. The highest BCUT2D eigenvalue weighted by atomic mass is 32.1. The van der Waals surface area contributed by atoms with E-state index in [2.05, 4.69) is 0 Å². The number of carboxylic acids is 1. The number of carboxylic acid groups (broad SMARTS) is 1. The lowest BCUT2D eigenvalue weighted by atomic mass is 9.92. The van der Waals surface area contributed by atoms with E-state index in [0.29, 0.717) is 23.5 Å². The number of aliphatic carboxylic acids is 1. The molecule has 26 heavy (non-hydrogen) atoms. The van der Waals surface area contributed by atoms with Gasteiger partial charge < -0.3 is 10.0 Å². The van der Waals surface area contributed by atoms with Gasteiger partial charge in [0.25, 0.3) is 0 Å². The Kier molecular flexibility index (Phi) is 5.47. The summed E-state index contributed by atoms with van der Waals surface area (Å²) in [4.78, 5) is 26.5.